The maximum Gasteiger partial charge on any atom is 0.0952 e. The smallest absolute Gasteiger partial charge is 0.0952 e. The Bertz CT molecular complexity index is 554. The highest BCUT2D eigenvalue weighted by atomic mass is 16.5. The third kappa shape index (κ3) is 2.53. The molecule has 0 radical (unpaired) electrons. The van der Waals surface area contributed by atoms with Gasteiger partial charge < -0.3 is 10.1 Å². The number of hydrogen-bond donors (Lipinski definition) is 1. The number of benzene rings is 1. The SMILES string of the molecule is CNCC1OCCc2ccc(-c3cccnc3)cc21. The highest BCUT2D eigenvalue weighted by Gasteiger charge is 2.20. The first-order valence-corrected chi connectivity index (χ1v) is 6.68. The summed E-state index contributed by atoms with van der Waals surface area (Å²) >= 11 is 0. The quantitative estimate of drug-likeness (QED) is 0.914. The summed E-state index contributed by atoms with van der Waals surface area (Å²) in [5.74, 6) is 0. The molecule has 1 aromatic carbocycles. The first-order chi connectivity index (χ1) is 9.38. The van der Waals surface area contributed by atoms with Crippen molar-refractivity contribution in [3.8, 4) is 11.1 Å². The summed E-state index contributed by atoms with van der Waals surface area (Å²) in [4.78, 5) is 4.18. The van der Waals surface area contributed by atoms with E-state index >= 15 is 0 Å². The summed E-state index contributed by atoms with van der Waals surface area (Å²) in [7, 11) is 1.96. The van der Waals surface area contributed by atoms with Crippen LogP contribution in [0.5, 0.6) is 0 Å². The van der Waals surface area contributed by atoms with Gasteiger partial charge in [0.25, 0.3) is 0 Å². The van der Waals surface area contributed by atoms with Crippen LogP contribution < -0.4 is 5.32 Å². The van der Waals surface area contributed by atoms with E-state index in [9.17, 15) is 0 Å². The Hall–Kier alpha value is -1.71. The Labute approximate surface area is 113 Å². The van der Waals surface area contributed by atoms with Gasteiger partial charge in [-0.3, -0.25) is 4.98 Å². The topological polar surface area (TPSA) is 34.1 Å². The maximum absolute atomic E-state index is 5.86. The molecular weight excluding hydrogens is 236 g/mol. The van der Waals surface area contributed by atoms with Gasteiger partial charge in [0.2, 0.25) is 0 Å². The lowest BCUT2D eigenvalue weighted by Crippen LogP contribution is -2.25. The van der Waals surface area contributed by atoms with Crippen LogP contribution in [0.2, 0.25) is 0 Å². The van der Waals surface area contributed by atoms with Crippen LogP contribution in [0.3, 0.4) is 0 Å². The molecule has 2 aromatic rings. The van der Waals surface area contributed by atoms with Crippen LogP contribution in [0.25, 0.3) is 11.1 Å². The zero-order valence-electron chi connectivity index (χ0n) is 11.1. The van der Waals surface area contributed by atoms with Crippen molar-refractivity contribution >= 4 is 0 Å². The molecule has 1 atom stereocenters. The fourth-order valence-electron chi connectivity index (χ4n) is 2.59. The number of pyridine rings is 1. The standard InChI is InChI=1S/C16H18N2O/c1-17-11-16-15-9-13(14-3-2-7-18-10-14)5-4-12(15)6-8-19-16/h2-5,7,9-10,16-17H,6,8,11H2,1H3. The van der Waals surface area contributed by atoms with Crippen molar-refractivity contribution in [3.05, 3.63) is 53.9 Å². The summed E-state index contributed by atoms with van der Waals surface area (Å²) in [5, 5.41) is 3.20. The third-order valence-corrected chi connectivity index (χ3v) is 3.57. The van der Waals surface area contributed by atoms with Gasteiger partial charge in [-0.1, -0.05) is 18.2 Å². The molecule has 1 aromatic heterocycles. The van der Waals surface area contributed by atoms with E-state index in [1.807, 2.05) is 19.3 Å². The minimum absolute atomic E-state index is 0.158. The Morgan fingerprint density at radius 1 is 1.32 bits per heavy atom. The van der Waals surface area contributed by atoms with Gasteiger partial charge >= 0.3 is 0 Å². The Morgan fingerprint density at radius 2 is 2.26 bits per heavy atom. The zero-order chi connectivity index (χ0) is 13.1. The second kappa shape index (κ2) is 5.51. The minimum Gasteiger partial charge on any atom is -0.372 e. The average Bonchev–Trinajstić information content (AvgIpc) is 2.48. The average molecular weight is 254 g/mol. The van der Waals surface area contributed by atoms with Crippen molar-refractivity contribution < 1.29 is 4.74 Å². The van der Waals surface area contributed by atoms with E-state index < -0.39 is 0 Å². The molecule has 0 amide bonds. The molecule has 98 valence electrons. The van der Waals surface area contributed by atoms with Crippen LogP contribution in [0.1, 0.15) is 17.2 Å². The van der Waals surface area contributed by atoms with Crippen molar-refractivity contribution in [3.63, 3.8) is 0 Å². The zero-order valence-corrected chi connectivity index (χ0v) is 11.1. The summed E-state index contributed by atoms with van der Waals surface area (Å²) in [5.41, 5.74) is 5.07. The fraction of sp³-hybridized carbons (Fsp3) is 0.312. The molecule has 1 aliphatic heterocycles. The normalized spacial score (nSPS) is 18.1. The van der Waals surface area contributed by atoms with Gasteiger partial charge in [0.05, 0.1) is 12.7 Å². The number of nitrogens with one attached hydrogen (secondary N) is 1. The molecule has 0 aliphatic carbocycles. The van der Waals surface area contributed by atoms with E-state index in [1.165, 1.54) is 16.7 Å². The van der Waals surface area contributed by atoms with E-state index in [-0.39, 0.29) is 6.10 Å². The Balaban J connectivity index is 2.00. The van der Waals surface area contributed by atoms with E-state index in [2.05, 4.69) is 34.6 Å². The Morgan fingerprint density at radius 3 is 3.05 bits per heavy atom. The van der Waals surface area contributed by atoms with E-state index in [0.717, 1.165) is 25.1 Å². The molecule has 0 fully saturated rings. The van der Waals surface area contributed by atoms with Crippen LogP contribution in [-0.2, 0) is 11.2 Å². The number of fused-ring (bicyclic) bond motifs is 1. The van der Waals surface area contributed by atoms with Crippen LogP contribution in [0, 0.1) is 0 Å². The van der Waals surface area contributed by atoms with E-state index in [0.29, 0.717) is 0 Å². The van der Waals surface area contributed by atoms with Crippen molar-refractivity contribution in [2.24, 2.45) is 0 Å². The van der Waals surface area contributed by atoms with Gasteiger partial charge in [-0.15, -0.1) is 0 Å². The molecule has 1 unspecified atom stereocenters. The lowest BCUT2D eigenvalue weighted by Gasteiger charge is -2.26. The number of aromatic nitrogens is 1. The second-order valence-electron chi connectivity index (χ2n) is 4.82. The van der Waals surface area contributed by atoms with Crippen molar-refractivity contribution in [2.75, 3.05) is 20.2 Å². The number of rotatable bonds is 3. The van der Waals surface area contributed by atoms with Crippen LogP contribution in [0.4, 0.5) is 0 Å². The number of ether oxygens (including phenoxy) is 1. The molecule has 1 N–H and O–H groups in total. The molecule has 1 aliphatic rings. The summed E-state index contributed by atoms with van der Waals surface area (Å²) in [6.07, 6.45) is 4.86. The lowest BCUT2D eigenvalue weighted by molar-refractivity contribution is 0.0439. The monoisotopic (exact) mass is 254 g/mol. The summed E-state index contributed by atoms with van der Waals surface area (Å²) < 4.78 is 5.86. The molecule has 3 heteroatoms. The van der Waals surface area contributed by atoms with E-state index in [4.69, 9.17) is 4.74 Å². The Kier molecular flexibility index (Phi) is 3.58. The van der Waals surface area contributed by atoms with Gasteiger partial charge in [0.1, 0.15) is 0 Å². The summed E-state index contributed by atoms with van der Waals surface area (Å²) in [6, 6.07) is 10.7. The molecule has 0 saturated heterocycles. The number of nitrogens with zero attached hydrogens (tertiary/aromatic N) is 1. The first kappa shape index (κ1) is 12.3. The van der Waals surface area contributed by atoms with Crippen molar-refractivity contribution in [1.29, 1.82) is 0 Å². The molecule has 0 bridgehead atoms. The lowest BCUT2D eigenvalue weighted by atomic mass is 9.93. The predicted octanol–water partition coefficient (Wildman–Crippen LogP) is 2.58. The molecule has 0 saturated carbocycles. The van der Waals surface area contributed by atoms with Crippen molar-refractivity contribution in [1.82, 2.24) is 10.3 Å². The molecule has 0 spiro atoms. The molecule has 3 rings (SSSR count). The maximum atomic E-state index is 5.86. The third-order valence-electron chi connectivity index (χ3n) is 3.57. The molecular formula is C16H18N2O. The van der Waals surface area contributed by atoms with Crippen LogP contribution in [-0.4, -0.2) is 25.2 Å². The second-order valence-corrected chi connectivity index (χ2v) is 4.82. The van der Waals surface area contributed by atoms with Gasteiger partial charge in [-0.05, 0) is 47.9 Å². The summed E-state index contributed by atoms with van der Waals surface area (Å²) in [6.45, 7) is 1.66. The first-order valence-electron chi connectivity index (χ1n) is 6.68. The van der Waals surface area contributed by atoms with E-state index in [1.54, 1.807) is 6.20 Å². The number of hydrogen-bond acceptors (Lipinski definition) is 3. The largest absolute Gasteiger partial charge is 0.372 e. The number of likely N-dealkylation sites (N-methyl/N-ethyl adjacent to an activating group) is 1. The van der Waals surface area contributed by atoms with Gasteiger partial charge in [0.15, 0.2) is 0 Å². The van der Waals surface area contributed by atoms with Gasteiger partial charge in [0, 0.05) is 18.9 Å². The van der Waals surface area contributed by atoms with Crippen LogP contribution >= 0.6 is 0 Å². The highest BCUT2D eigenvalue weighted by molar-refractivity contribution is 5.64. The van der Waals surface area contributed by atoms with Crippen molar-refractivity contribution in [2.45, 2.75) is 12.5 Å². The van der Waals surface area contributed by atoms with Crippen LogP contribution in [0.15, 0.2) is 42.7 Å². The molecule has 2 heterocycles. The fourth-order valence-corrected chi connectivity index (χ4v) is 2.59. The highest BCUT2D eigenvalue weighted by Crippen LogP contribution is 2.30. The predicted molar refractivity (Wildman–Crippen MR) is 76.0 cm³/mol. The van der Waals surface area contributed by atoms with Gasteiger partial charge in [-0.25, -0.2) is 0 Å². The minimum atomic E-state index is 0.158. The molecule has 3 nitrogen and oxygen atoms in total. The van der Waals surface area contributed by atoms with Gasteiger partial charge in [-0.2, -0.15) is 0 Å². The molecule has 19 heavy (non-hydrogen) atoms.